The molecule has 1 heterocycles. The van der Waals surface area contributed by atoms with E-state index in [0.29, 0.717) is 15.6 Å². The average Bonchev–Trinajstić information content (AvgIpc) is 2.93. The van der Waals surface area contributed by atoms with Gasteiger partial charge in [0.15, 0.2) is 0 Å². The maximum Gasteiger partial charge on any atom is 0.408 e. The molecule has 2 aromatic rings. The van der Waals surface area contributed by atoms with E-state index < -0.39 is 35.0 Å². The zero-order valence-electron chi connectivity index (χ0n) is 22.6. The molecule has 210 valence electrons. The number of hydrogen-bond donors (Lipinski definition) is 3. The van der Waals surface area contributed by atoms with Crippen LogP contribution in [-0.2, 0) is 20.9 Å². The van der Waals surface area contributed by atoms with E-state index in [1.807, 2.05) is 0 Å². The number of benzene rings is 2. The van der Waals surface area contributed by atoms with Gasteiger partial charge in [0.25, 0.3) is 11.8 Å². The maximum absolute atomic E-state index is 13.8. The van der Waals surface area contributed by atoms with Crippen molar-refractivity contribution in [1.82, 2.24) is 16.2 Å². The Hall–Kier alpha value is -2.95. The number of rotatable bonds is 4. The van der Waals surface area contributed by atoms with Gasteiger partial charge >= 0.3 is 6.09 Å². The minimum absolute atomic E-state index is 0.0673. The predicted octanol–water partition coefficient (Wildman–Crippen LogP) is 5.33. The van der Waals surface area contributed by atoms with Crippen LogP contribution in [0.2, 0.25) is 10.0 Å². The van der Waals surface area contributed by atoms with E-state index in [2.05, 4.69) is 16.2 Å². The summed E-state index contributed by atoms with van der Waals surface area (Å²) in [5.74, 6) is -1.20. The van der Waals surface area contributed by atoms with Crippen LogP contribution in [0.4, 0.5) is 10.5 Å². The van der Waals surface area contributed by atoms with Crippen molar-refractivity contribution >= 4 is 64.5 Å². The highest BCUT2D eigenvalue weighted by Crippen LogP contribution is 2.39. The summed E-state index contributed by atoms with van der Waals surface area (Å²) in [4.78, 5) is 53.7. The summed E-state index contributed by atoms with van der Waals surface area (Å²) >= 11 is 13.8. The zero-order chi connectivity index (χ0) is 29.1. The molecule has 39 heavy (non-hydrogen) atoms. The molecule has 1 atom stereocenters. The summed E-state index contributed by atoms with van der Waals surface area (Å²) in [5.41, 5.74) is 4.60. The number of amides is 4. The number of nitrogens with one attached hydrogen (secondary N) is 3. The zero-order valence-corrected chi connectivity index (χ0v) is 24.9. The highest BCUT2D eigenvalue weighted by Gasteiger charge is 2.34. The topological polar surface area (TPSA) is 117 Å². The highest BCUT2D eigenvalue weighted by atomic mass is 35.5. The lowest BCUT2D eigenvalue weighted by atomic mass is 9.96. The fourth-order valence-corrected chi connectivity index (χ4v) is 4.98. The van der Waals surface area contributed by atoms with Crippen LogP contribution in [0.5, 0.6) is 0 Å². The number of carbonyl (C=O) groups is 4. The van der Waals surface area contributed by atoms with E-state index in [4.69, 9.17) is 27.9 Å². The van der Waals surface area contributed by atoms with Crippen molar-refractivity contribution in [3.8, 4) is 0 Å². The SMILES string of the molecule is CC(C)(C)OC(=O)N[C@H]1CSc2cc(Cl)c(C(=O)NNC(=O)C(C)(C)C)cc2N(Cc2ccc(Cl)cc2)C1=O. The molecular weight excluding hydrogens is 563 g/mol. The molecule has 0 saturated heterocycles. The summed E-state index contributed by atoms with van der Waals surface area (Å²) < 4.78 is 5.36. The molecule has 0 unspecified atom stereocenters. The first kappa shape index (κ1) is 30.6. The Bertz CT molecular complexity index is 1270. The second kappa shape index (κ2) is 12.1. The number of halogens is 2. The molecule has 0 radical (unpaired) electrons. The Morgan fingerprint density at radius 1 is 1.03 bits per heavy atom. The molecule has 0 spiro atoms. The predicted molar refractivity (Wildman–Crippen MR) is 153 cm³/mol. The lowest BCUT2D eigenvalue weighted by Gasteiger charge is -2.27. The Kier molecular flexibility index (Phi) is 9.46. The first-order valence-corrected chi connectivity index (χ1v) is 13.9. The molecule has 0 saturated carbocycles. The van der Waals surface area contributed by atoms with Gasteiger partial charge in [-0.15, -0.1) is 11.8 Å². The van der Waals surface area contributed by atoms with E-state index in [1.165, 1.54) is 22.7 Å². The molecule has 0 aliphatic carbocycles. The molecule has 3 rings (SSSR count). The molecule has 0 aromatic heterocycles. The van der Waals surface area contributed by atoms with Crippen LogP contribution in [0.3, 0.4) is 0 Å². The van der Waals surface area contributed by atoms with E-state index in [9.17, 15) is 19.2 Å². The van der Waals surface area contributed by atoms with Gasteiger partial charge in [-0.1, -0.05) is 56.1 Å². The van der Waals surface area contributed by atoms with Gasteiger partial charge in [0.1, 0.15) is 11.6 Å². The van der Waals surface area contributed by atoms with Gasteiger partial charge in [-0.3, -0.25) is 25.2 Å². The number of anilines is 1. The number of hydrogen-bond acceptors (Lipinski definition) is 6. The second-order valence-electron chi connectivity index (χ2n) is 11.0. The van der Waals surface area contributed by atoms with E-state index in [-0.39, 0.29) is 28.8 Å². The molecule has 1 aliphatic heterocycles. The van der Waals surface area contributed by atoms with Gasteiger partial charge in [-0.05, 0) is 50.6 Å². The Labute approximate surface area is 242 Å². The largest absolute Gasteiger partial charge is 0.444 e. The van der Waals surface area contributed by atoms with Crippen LogP contribution < -0.4 is 21.1 Å². The summed E-state index contributed by atoms with van der Waals surface area (Å²) in [6.07, 6.45) is -0.716. The first-order chi connectivity index (χ1) is 18.0. The monoisotopic (exact) mass is 594 g/mol. The highest BCUT2D eigenvalue weighted by molar-refractivity contribution is 7.99. The lowest BCUT2D eigenvalue weighted by Crippen LogP contribution is -2.50. The summed E-state index contributed by atoms with van der Waals surface area (Å²) in [6, 6.07) is 9.19. The van der Waals surface area contributed by atoms with Gasteiger partial charge in [0, 0.05) is 21.1 Å². The van der Waals surface area contributed by atoms with Gasteiger partial charge < -0.3 is 15.0 Å². The van der Waals surface area contributed by atoms with Gasteiger partial charge in [0.05, 0.1) is 22.8 Å². The molecular formula is C27H32Cl2N4O5S. The van der Waals surface area contributed by atoms with Crippen molar-refractivity contribution in [3.63, 3.8) is 0 Å². The number of nitrogens with zero attached hydrogens (tertiary/aromatic N) is 1. The summed E-state index contributed by atoms with van der Waals surface area (Å²) in [7, 11) is 0. The standard InChI is InChI=1S/C27H32Cl2N4O5S/c1-26(2,3)24(36)32-31-22(34)17-11-20-21(12-18(17)29)39-14-19(30-25(37)38-27(4,5)6)23(35)33(20)13-15-7-9-16(28)10-8-15/h7-12,19H,13-14H2,1-6H3,(H,30,37)(H,31,34)(H,32,36)/t19-/m0/s1. The van der Waals surface area contributed by atoms with Crippen molar-refractivity contribution < 1.29 is 23.9 Å². The second-order valence-corrected chi connectivity index (χ2v) is 12.9. The van der Waals surface area contributed by atoms with E-state index in [0.717, 1.165) is 5.56 Å². The fourth-order valence-electron chi connectivity index (χ4n) is 3.45. The average molecular weight is 596 g/mol. The normalized spacial score (nSPS) is 15.6. The third kappa shape index (κ3) is 8.27. The molecule has 12 heteroatoms. The fraction of sp³-hybridized carbons (Fsp3) is 0.407. The quantitative estimate of drug-likeness (QED) is 0.412. The number of alkyl carbamates (subject to hydrolysis) is 1. The van der Waals surface area contributed by atoms with Crippen LogP contribution in [0.1, 0.15) is 57.5 Å². The Morgan fingerprint density at radius 3 is 2.26 bits per heavy atom. The molecule has 0 fully saturated rings. The summed E-state index contributed by atoms with van der Waals surface area (Å²) in [6.45, 7) is 10.5. The number of carbonyl (C=O) groups excluding carboxylic acids is 4. The van der Waals surface area contributed by atoms with Crippen LogP contribution in [0.15, 0.2) is 41.3 Å². The van der Waals surface area contributed by atoms with Gasteiger partial charge in [-0.25, -0.2) is 4.79 Å². The van der Waals surface area contributed by atoms with Crippen molar-refractivity contribution in [1.29, 1.82) is 0 Å². The van der Waals surface area contributed by atoms with Crippen molar-refractivity contribution in [2.75, 3.05) is 10.7 Å². The lowest BCUT2D eigenvalue weighted by molar-refractivity contribution is -0.129. The molecule has 2 aromatic carbocycles. The number of fused-ring (bicyclic) bond motifs is 1. The minimum Gasteiger partial charge on any atom is -0.444 e. The van der Waals surface area contributed by atoms with E-state index >= 15 is 0 Å². The molecule has 1 aliphatic rings. The number of ether oxygens (including phenoxy) is 1. The molecule has 9 nitrogen and oxygen atoms in total. The van der Waals surface area contributed by atoms with E-state index in [1.54, 1.807) is 71.9 Å². The Morgan fingerprint density at radius 2 is 1.67 bits per heavy atom. The smallest absolute Gasteiger partial charge is 0.408 e. The van der Waals surface area contributed by atoms with Crippen LogP contribution >= 0.6 is 35.0 Å². The minimum atomic E-state index is -0.910. The third-order valence-electron chi connectivity index (χ3n) is 5.47. The first-order valence-electron chi connectivity index (χ1n) is 12.2. The third-order valence-corrected chi connectivity index (χ3v) is 7.17. The van der Waals surface area contributed by atoms with Crippen molar-refractivity contribution in [3.05, 3.63) is 57.6 Å². The van der Waals surface area contributed by atoms with Crippen molar-refractivity contribution in [2.24, 2.45) is 5.41 Å². The van der Waals surface area contributed by atoms with Crippen LogP contribution in [0.25, 0.3) is 0 Å². The molecule has 3 N–H and O–H groups in total. The summed E-state index contributed by atoms with van der Waals surface area (Å²) in [5, 5.41) is 3.36. The Balaban J connectivity index is 1.97. The number of thioether (sulfide) groups is 1. The maximum atomic E-state index is 13.8. The van der Waals surface area contributed by atoms with Crippen LogP contribution in [-0.4, -0.2) is 41.2 Å². The number of hydrazine groups is 1. The molecule has 0 bridgehead atoms. The van der Waals surface area contributed by atoms with Gasteiger partial charge in [0.2, 0.25) is 5.91 Å². The van der Waals surface area contributed by atoms with Crippen LogP contribution in [0, 0.1) is 5.41 Å². The van der Waals surface area contributed by atoms with Gasteiger partial charge in [-0.2, -0.15) is 0 Å². The van der Waals surface area contributed by atoms with Crippen molar-refractivity contribution in [2.45, 2.75) is 64.6 Å². The molecule has 4 amide bonds.